The summed E-state index contributed by atoms with van der Waals surface area (Å²) in [7, 11) is 4.29. The van der Waals surface area contributed by atoms with Crippen LogP contribution < -0.4 is 5.32 Å². The van der Waals surface area contributed by atoms with E-state index in [1.807, 2.05) is 38.1 Å². The van der Waals surface area contributed by atoms with E-state index in [-0.39, 0.29) is 17.5 Å². The standard InChI is InChI=1S/C23H30N2O/c1-17-11-10-12-18(2)20(17)22(26)24-21(19-13-6-5-7-14-19)23(25(3)4)15-8-9-16-23/h5-7,10-14,21H,8-9,15-16H2,1-4H3,(H,24,26)/t21-/m0/s1. The van der Waals surface area contributed by atoms with Gasteiger partial charge in [0.05, 0.1) is 6.04 Å². The summed E-state index contributed by atoms with van der Waals surface area (Å²) in [4.78, 5) is 15.6. The zero-order valence-electron chi connectivity index (χ0n) is 16.4. The topological polar surface area (TPSA) is 32.3 Å². The van der Waals surface area contributed by atoms with Crippen molar-refractivity contribution in [3.8, 4) is 0 Å². The zero-order chi connectivity index (χ0) is 18.7. The van der Waals surface area contributed by atoms with E-state index in [1.54, 1.807) is 0 Å². The Kier molecular flexibility index (Phi) is 5.47. The molecule has 3 nitrogen and oxygen atoms in total. The Morgan fingerprint density at radius 1 is 0.962 bits per heavy atom. The van der Waals surface area contributed by atoms with E-state index in [4.69, 9.17) is 0 Å². The van der Waals surface area contributed by atoms with Crippen LogP contribution in [0, 0.1) is 13.8 Å². The van der Waals surface area contributed by atoms with E-state index < -0.39 is 0 Å². The molecule has 0 aromatic heterocycles. The Morgan fingerprint density at radius 2 is 1.54 bits per heavy atom. The average molecular weight is 351 g/mol. The van der Waals surface area contributed by atoms with Gasteiger partial charge in [-0.3, -0.25) is 4.79 Å². The Hall–Kier alpha value is -2.13. The number of carbonyl (C=O) groups is 1. The summed E-state index contributed by atoms with van der Waals surface area (Å²) in [6.07, 6.45) is 4.63. The Morgan fingerprint density at radius 3 is 2.08 bits per heavy atom. The molecule has 1 aliphatic rings. The van der Waals surface area contributed by atoms with Gasteiger partial charge in [-0.1, -0.05) is 61.4 Å². The van der Waals surface area contributed by atoms with Crippen LogP contribution in [-0.4, -0.2) is 30.4 Å². The second-order valence-corrected chi connectivity index (χ2v) is 7.79. The van der Waals surface area contributed by atoms with E-state index in [9.17, 15) is 4.79 Å². The molecule has 2 aromatic rings. The van der Waals surface area contributed by atoms with Crippen LogP contribution in [0.3, 0.4) is 0 Å². The van der Waals surface area contributed by atoms with Crippen molar-refractivity contribution in [3.05, 3.63) is 70.8 Å². The molecule has 138 valence electrons. The molecule has 0 aliphatic heterocycles. The van der Waals surface area contributed by atoms with E-state index in [2.05, 4.69) is 48.6 Å². The molecule has 0 unspecified atom stereocenters. The highest BCUT2D eigenvalue weighted by atomic mass is 16.1. The maximum atomic E-state index is 13.3. The monoisotopic (exact) mass is 350 g/mol. The van der Waals surface area contributed by atoms with Crippen molar-refractivity contribution < 1.29 is 4.79 Å². The van der Waals surface area contributed by atoms with Crippen LogP contribution in [0.25, 0.3) is 0 Å². The van der Waals surface area contributed by atoms with Crippen molar-refractivity contribution in [3.63, 3.8) is 0 Å². The third-order valence-corrected chi connectivity index (χ3v) is 6.01. The predicted molar refractivity (Wildman–Crippen MR) is 107 cm³/mol. The molecule has 0 heterocycles. The highest BCUT2D eigenvalue weighted by Gasteiger charge is 2.44. The van der Waals surface area contributed by atoms with Crippen LogP contribution in [0.4, 0.5) is 0 Å². The van der Waals surface area contributed by atoms with Crippen molar-refractivity contribution in [1.82, 2.24) is 10.2 Å². The van der Waals surface area contributed by atoms with Crippen LogP contribution in [0.1, 0.15) is 58.8 Å². The van der Waals surface area contributed by atoms with Gasteiger partial charge in [0.25, 0.3) is 5.91 Å². The fraction of sp³-hybridized carbons (Fsp3) is 0.435. The van der Waals surface area contributed by atoms with Gasteiger partial charge < -0.3 is 10.2 Å². The van der Waals surface area contributed by atoms with Gasteiger partial charge >= 0.3 is 0 Å². The van der Waals surface area contributed by atoms with Gasteiger partial charge in [0.15, 0.2) is 0 Å². The van der Waals surface area contributed by atoms with Gasteiger partial charge in [-0.15, -0.1) is 0 Å². The molecule has 1 atom stereocenters. The first-order valence-corrected chi connectivity index (χ1v) is 9.55. The molecular weight excluding hydrogens is 320 g/mol. The molecule has 1 aliphatic carbocycles. The van der Waals surface area contributed by atoms with Crippen LogP contribution in [0.15, 0.2) is 48.5 Å². The number of amides is 1. The first-order chi connectivity index (χ1) is 12.5. The SMILES string of the molecule is Cc1cccc(C)c1C(=O)N[C@@H](c1ccccc1)C1(N(C)C)CCCC1. The summed E-state index contributed by atoms with van der Waals surface area (Å²) in [5.74, 6) is 0.0302. The molecule has 2 aromatic carbocycles. The number of aryl methyl sites for hydroxylation is 2. The van der Waals surface area contributed by atoms with Gasteiger partial charge in [-0.2, -0.15) is 0 Å². The Bertz CT molecular complexity index is 741. The van der Waals surface area contributed by atoms with Crippen LogP contribution in [0.2, 0.25) is 0 Å². The lowest BCUT2D eigenvalue weighted by Crippen LogP contribution is -2.53. The summed E-state index contributed by atoms with van der Waals surface area (Å²) in [5.41, 5.74) is 4.01. The second-order valence-electron chi connectivity index (χ2n) is 7.79. The van der Waals surface area contributed by atoms with E-state index in [0.717, 1.165) is 29.5 Å². The molecule has 0 spiro atoms. The smallest absolute Gasteiger partial charge is 0.252 e. The van der Waals surface area contributed by atoms with E-state index in [1.165, 1.54) is 18.4 Å². The van der Waals surface area contributed by atoms with Crippen molar-refractivity contribution in [2.45, 2.75) is 51.1 Å². The maximum Gasteiger partial charge on any atom is 0.252 e. The molecular formula is C23H30N2O. The largest absolute Gasteiger partial charge is 0.343 e. The Balaban J connectivity index is 2.01. The molecule has 1 fully saturated rings. The highest BCUT2D eigenvalue weighted by molar-refractivity contribution is 5.97. The van der Waals surface area contributed by atoms with Crippen molar-refractivity contribution >= 4 is 5.91 Å². The lowest BCUT2D eigenvalue weighted by atomic mass is 9.82. The van der Waals surface area contributed by atoms with Crippen LogP contribution in [0.5, 0.6) is 0 Å². The molecule has 0 bridgehead atoms. The molecule has 1 amide bonds. The fourth-order valence-electron chi connectivity index (χ4n) is 4.53. The molecule has 1 saturated carbocycles. The summed E-state index contributed by atoms with van der Waals surface area (Å²) in [5, 5.41) is 3.41. The summed E-state index contributed by atoms with van der Waals surface area (Å²) >= 11 is 0. The first-order valence-electron chi connectivity index (χ1n) is 9.55. The number of likely N-dealkylation sites (N-methyl/N-ethyl adjacent to an activating group) is 1. The maximum absolute atomic E-state index is 13.3. The second kappa shape index (κ2) is 7.63. The zero-order valence-corrected chi connectivity index (χ0v) is 16.4. The van der Waals surface area contributed by atoms with Crippen LogP contribution in [-0.2, 0) is 0 Å². The molecule has 0 saturated heterocycles. The average Bonchev–Trinajstić information content (AvgIpc) is 3.11. The predicted octanol–water partition coefficient (Wildman–Crippen LogP) is 4.65. The lowest BCUT2D eigenvalue weighted by Gasteiger charge is -2.44. The summed E-state index contributed by atoms with van der Waals surface area (Å²) in [6.45, 7) is 4.02. The summed E-state index contributed by atoms with van der Waals surface area (Å²) < 4.78 is 0. The Labute approximate surface area is 157 Å². The number of rotatable bonds is 5. The van der Waals surface area contributed by atoms with E-state index >= 15 is 0 Å². The molecule has 3 heteroatoms. The number of hydrogen-bond acceptors (Lipinski definition) is 2. The van der Waals surface area contributed by atoms with Crippen LogP contribution >= 0.6 is 0 Å². The van der Waals surface area contributed by atoms with Gasteiger partial charge in [-0.05, 0) is 57.5 Å². The number of carbonyl (C=O) groups excluding carboxylic acids is 1. The third kappa shape index (κ3) is 3.41. The third-order valence-electron chi connectivity index (χ3n) is 6.01. The molecule has 3 rings (SSSR count). The summed E-state index contributed by atoms with van der Waals surface area (Å²) in [6, 6.07) is 16.4. The quantitative estimate of drug-likeness (QED) is 0.851. The van der Waals surface area contributed by atoms with Crippen molar-refractivity contribution in [1.29, 1.82) is 0 Å². The van der Waals surface area contributed by atoms with Gasteiger partial charge in [0.1, 0.15) is 0 Å². The highest BCUT2D eigenvalue weighted by Crippen LogP contribution is 2.43. The van der Waals surface area contributed by atoms with Crippen molar-refractivity contribution in [2.24, 2.45) is 0 Å². The number of nitrogens with one attached hydrogen (secondary N) is 1. The number of benzene rings is 2. The first kappa shape index (κ1) is 18.7. The van der Waals surface area contributed by atoms with Gasteiger partial charge in [-0.25, -0.2) is 0 Å². The van der Waals surface area contributed by atoms with E-state index in [0.29, 0.717) is 0 Å². The normalized spacial score (nSPS) is 17.3. The number of nitrogens with zero attached hydrogens (tertiary/aromatic N) is 1. The molecule has 26 heavy (non-hydrogen) atoms. The lowest BCUT2D eigenvalue weighted by molar-refractivity contribution is 0.0765. The molecule has 0 radical (unpaired) electrons. The number of hydrogen-bond donors (Lipinski definition) is 1. The fourth-order valence-corrected chi connectivity index (χ4v) is 4.53. The van der Waals surface area contributed by atoms with Gasteiger partial charge in [0.2, 0.25) is 0 Å². The minimum atomic E-state index is -0.0341. The minimum Gasteiger partial charge on any atom is -0.343 e. The van der Waals surface area contributed by atoms with Gasteiger partial charge in [0, 0.05) is 11.1 Å². The minimum absolute atomic E-state index is 0.0206. The van der Waals surface area contributed by atoms with Crippen molar-refractivity contribution in [2.75, 3.05) is 14.1 Å². The molecule has 1 N–H and O–H groups in total.